The predicted octanol–water partition coefficient (Wildman–Crippen LogP) is 12.3. The zero-order valence-corrected chi connectivity index (χ0v) is 50.6. The molecule has 0 radical (unpaired) electrons. The number of Topliss-reactive ketones (excluding diaryl/α,β-unsaturated/α-hetero) is 1. The van der Waals surface area contributed by atoms with Gasteiger partial charge in [-0.05, 0) is 183 Å². The van der Waals surface area contributed by atoms with E-state index in [4.69, 9.17) is 15.3 Å². The number of sulfonamides is 3. The van der Waals surface area contributed by atoms with Gasteiger partial charge in [-0.1, -0.05) is 109 Å². The Bertz CT molecular complexity index is 4250. The first kappa shape index (κ1) is 64.9. The van der Waals surface area contributed by atoms with Gasteiger partial charge in [0.2, 0.25) is 10.0 Å². The Balaban J connectivity index is 0.000000190. The van der Waals surface area contributed by atoms with Crippen LogP contribution in [0.4, 0.5) is 22.7 Å². The van der Waals surface area contributed by atoms with Gasteiger partial charge < -0.3 is 20.2 Å². The quantitative estimate of drug-likeness (QED) is 0.0325. The van der Waals surface area contributed by atoms with Crippen LogP contribution in [0.25, 0.3) is 10.8 Å². The van der Waals surface area contributed by atoms with Gasteiger partial charge in [-0.15, -0.1) is 0 Å². The van der Waals surface area contributed by atoms with Crippen molar-refractivity contribution in [2.24, 2.45) is 0 Å². The van der Waals surface area contributed by atoms with E-state index < -0.39 is 48.0 Å². The number of rotatable bonds is 23. The van der Waals surface area contributed by atoms with E-state index in [-0.39, 0.29) is 38.0 Å². The highest BCUT2D eigenvalue weighted by Crippen LogP contribution is 2.31. The fraction of sp³-hybridized carbons (Fsp3) is 0.164. The number of carboxylic acid groups (broad SMARTS) is 3. The van der Waals surface area contributed by atoms with Gasteiger partial charge in [0.25, 0.3) is 20.0 Å². The summed E-state index contributed by atoms with van der Waals surface area (Å²) in [6.45, 7) is 3.01. The molecule has 0 fully saturated rings. The normalized spacial score (nSPS) is 11.2. The van der Waals surface area contributed by atoms with Crippen molar-refractivity contribution in [3.8, 4) is 0 Å². The second-order valence-electron chi connectivity index (χ2n) is 20.4. The summed E-state index contributed by atoms with van der Waals surface area (Å²) in [5.41, 5.74) is 9.60. The van der Waals surface area contributed by atoms with Crippen molar-refractivity contribution in [2.75, 3.05) is 38.9 Å². The standard InChI is InChI=1S/C27H26N2O4S.C23H21NO5S.C17H19NO4S/c1-29(2)25-10-4-9-24-23(25)8-5-11-26(24)34(32,33)28-22-16-14-19(15-17-22)12-13-20-6-3-7-21(18-20)27(30)31;1-16(25)19-9-13-22(14-10-19)30(28,29)24-21-11-7-17(8-12-21)5-6-18-3-2-4-20(15-18)23(26)27;1-2-23(21,22)18-16-10-8-13(9-11-16)6-7-14-4-3-5-15(12-14)17(19)20/h3-11,14-18,28H,12-13H2,1-2H3,(H,30,31);2-4,7-15,24H,5-6H2,1H3,(H,26,27);3-5,8-12,18H,2,6-7H2,1H3,(H,19,20). The molecule has 0 saturated heterocycles. The summed E-state index contributed by atoms with van der Waals surface area (Å²) in [4.78, 5) is 46.7. The van der Waals surface area contributed by atoms with E-state index in [9.17, 15) is 44.4 Å². The summed E-state index contributed by atoms with van der Waals surface area (Å²) >= 11 is 0. The lowest BCUT2D eigenvalue weighted by molar-refractivity contribution is 0.0686. The van der Waals surface area contributed by atoms with Crippen molar-refractivity contribution >= 4 is 87.3 Å². The lowest BCUT2D eigenvalue weighted by atomic mass is 10.0. The summed E-state index contributed by atoms with van der Waals surface area (Å²) in [6.07, 6.45) is 4.26. The number of fused-ring (bicyclic) bond motifs is 1. The monoisotopic (exact) mass is 1230 g/mol. The van der Waals surface area contributed by atoms with Crippen molar-refractivity contribution < 1.29 is 59.8 Å². The van der Waals surface area contributed by atoms with Crippen LogP contribution in [0.1, 0.15) is 88.7 Å². The van der Waals surface area contributed by atoms with E-state index in [0.717, 1.165) is 57.3 Å². The van der Waals surface area contributed by atoms with Crippen molar-refractivity contribution in [2.45, 2.75) is 62.2 Å². The Hall–Kier alpha value is -9.63. The van der Waals surface area contributed by atoms with Crippen LogP contribution in [0.3, 0.4) is 0 Å². The summed E-state index contributed by atoms with van der Waals surface area (Å²) in [5.74, 6) is -2.92. The van der Waals surface area contributed by atoms with Crippen LogP contribution in [0.5, 0.6) is 0 Å². The van der Waals surface area contributed by atoms with Crippen molar-refractivity contribution in [1.82, 2.24) is 0 Å². The molecule has 9 aromatic rings. The average Bonchev–Trinajstić information content (AvgIpc) is 1.86. The number of aromatic carboxylic acids is 3. The molecule has 87 heavy (non-hydrogen) atoms. The smallest absolute Gasteiger partial charge is 0.335 e. The van der Waals surface area contributed by atoms with Gasteiger partial charge in [-0.2, -0.15) is 0 Å². The molecule has 0 spiro atoms. The molecule has 0 saturated carbocycles. The van der Waals surface area contributed by atoms with Crippen molar-refractivity contribution in [3.63, 3.8) is 0 Å². The molecule has 0 bridgehead atoms. The predicted molar refractivity (Wildman–Crippen MR) is 341 cm³/mol. The molecule has 0 heterocycles. The number of ketones is 1. The largest absolute Gasteiger partial charge is 0.478 e. The molecular weight excluding hydrogens is 1160 g/mol. The maximum atomic E-state index is 13.2. The highest BCUT2D eigenvalue weighted by molar-refractivity contribution is 7.93. The fourth-order valence-electron chi connectivity index (χ4n) is 9.10. The minimum atomic E-state index is -3.79. The van der Waals surface area contributed by atoms with Gasteiger partial charge >= 0.3 is 17.9 Å². The summed E-state index contributed by atoms with van der Waals surface area (Å²) in [7, 11) is -6.94. The summed E-state index contributed by atoms with van der Waals surface area (Å²) in [5, 5.41) is 28.7. The van der Waals surface area contributed by atoms with Crippen molar-refractivity contribution in [3.05, 3.63) is 262 Å². The molecule has 0 aromatic heterocycles. The number of carboxylic acids is 3. The Morgan fingerprint density at radius 3 is 1.13 bits per heavy atom. The van der Waals surface area contributed by atoms with Gasteiger partial charge in [0.15, 0.2) is 5.78 Å². The Morgan fingerprint density at radius 2 is 0.747 bits per heavy atom. The molecule has 9 aromatic carbocycles. The summed E-state index contributed by atoms with van der Waals surface area (Å²) < 4.78 is 82.2. The molecule has 6 N–H and O–H groups in total. The minimum Gasteiger partial charge on any atom is -0.478 e. The highest BCUT2D eigenvalue weighted by atomic mass is 32.2. The molecule has 0 aliphatic carbocycles. The minimum absolute atomic E-state index is 0.0364. The number of anilines is 4. The Kier molecular flexibility index (Phi) is 22.0. The molecule has 0 aliphatic heterocycles. The van der Waals surface area contributed by atoms with Crippen LogP contribution < -0.4 is 19.1 Å². The van der Waals surface area contributed by atoms with Crippen LogP contribution in [-0.2, 0) is 68.6 Å². The van der Waals surface area contributed by atoms with Gasteiger partial charge in [-0.25, -0.2) is 39.6 Å². The lowest BCUT2D eigenvalue weighted by Gasteiger charge is -2.17. The lowest BCUT2D eigenvalue weighted by Crippen LogP contribution is -2.14. The van der Waals surface area contributed by atoms with E-state index >= 15 is 0 Å². The van der Waals surface area contributed by atoms with Crippen molar-refractivity contribution in [1.29, 1.82) is 0 Å². The topological polar surface area (TPSA) is 271 Å². The van der Waals surface area contributed by atoms with Crippen LogP contribution in [0, 0.1) is 0 Å². The second kappa shape index (κ2) is 29.5. The number of carbonyl (C=O) groups is 4. The molecular formula is C67H66N4O13S3. The van der Waals surface area contributed by atoms with Crippen LogP contribution >= 0.6 is 0 Å². The number of hydrogen-bond acceptors (Lipinski definition) is 11. The average molecular weight is 1230 g/mol. The molecule has 0 atom stereocenters. The third kappa shape index (κ3) is 18.9. The SMILES string of the molecule is CC(=O)c1ccc(S(=O)(=O)Nc2ccc(CCc3cccc(C(=O)O)c3)cc2)cc1.CCS(=O)(=O)Nc1ccc(CCc2cccc(C(=O)O)c2)cc1.CN(C)c1cccc2c(S(=O)(=O)Nc3ccc(CCc4cccc(C(=O)O)c4)cc3)cccc12. The number of carbonyl (C=O) groups excluding carboxylic acids is 1. The van der Waals surface area contributed by atoms with Crippen LogP contribution in [0.15, 0.2) is 216 Å². The Labute approximate surface area is 507 Å². The van der Waals surface area contributed by atoms with Crippen LogP contribution in [-0.4, -0.2) is 84.1 Å². The number of hydrogen-bond donors (Lipinski definition) is 6. The maximum absolute atomic E-state index is 13.2. The molecule has 20 heteroatoms. The molecule has 17 nitrogen and oxygen atoms in total. The van der Waals surface area contributed by atoms with Gasteiger partial charge in [0, 0.05) is 53.2 Å². The molecule has 0 unspecified atom stereocenters. The third-order valence-corrected chi connectivity index (χ3v) is 18.0. The maximum Gasteiger partial charge on any atom is 0.335 e. The number of nitrogens with one attached hydrogen (secondary N) is 3. The number of aryl methyl sites for hydroxylation is 6. The first-order valence-corrected chi connectivity index (χ1v) is 32.1. The van der Waals surface area contributed by atoms with Gasteiger partial charge in [0.1, 0.15) is 0 Å². The third-order valence-electron chi connectivity index (χ3n) is 13.9. The van der Waals surface area contributed by atoms with E-state index in [1.807, 2.05) is 97.9 Å². The van der Waals surface area contributed by atoms with Crippen LogP contribution in [0.2, 0.25) is 0 Å². The highest BCUT2D eigenvalue weighted by Gasteiger charge is 2.20. The molecule has 0 aliphatic rings. The van der Waals surface area contributed by atoms with Gasteiger partial charge in [-0.3, -0.25) is 19.0 Å². The Morgan fingerprint density at radius 1 is 0.391 bits per heavy atom. The molecule has 9 rings (SSSR count). The number of nitrogens with zero attached hydrogens (tertiary/aromatic N) is 1. The van der Waals surface area contributed by atoms with Gasteiger partial charge in [0.05, 0.1) is 32.2 Å². The number of benzene rings is 9. The molecule has 450 valence electrons. The first-order valence-electron chi connectivity index (χ1n) is 27.5. The fourth-order valence-corrected chi connectivity index (χ4v) is 12.1. The van der Waals surface area contributed by atoms with E-state index in [0.29, 0.717) is 53.7 Å². The van der Waals surface area contributed by atoms with E-state index in [1.54, 1.807) is 110 Å². The first-order chi connectivity index (χ1) is 41.4. The zero-order valence-electron chi connectivity index (χ0n) is 48.2. The van der Waals surface area contributed by atoms with E-state index in [1.165, 1.54) is 31.2 Å². The summed E-state index contributed by atoms with van der Waals surface area (Å²) in [6, 6.07) is 58.8. The van der Waals surface area contributed by atoms with E-state index in [2.05, 4.69) is 14.2 Å². The second-order valence-corrected chi connectivity index (χ2v) is 25.8. The zero-order chi connectivity index (χ0) is 62.9. The molecule has 0 amide bonds.